The highest BCUT2D eigenvalue weighted by molar-refractivity contribution is 5.85. The second kappa shape index (κ2) is 6.44. The van der Waals surface area contributed by atoms with Crippen molar-refractivity contribution < 1.29 is 17.6 Å². The summed E-state index contributed by atoms with van der Waals surface area (Å²) in [6, 6.07) is 4.82. The smallest absolute Gasteiger partial charge is 0.311 e. The average Bonchev–Trinajstić information content (AvgIpc) is 2.52. The third kappa shape index (κ3) is 3.29. The van der Waals surface area contributed by atoms with E-state index in [9.17, 15) is 22.4 Å². The van der Waals surface area contributed by atoms with Gasteiger partial charge in [-0.25, -0.2) is 4.39 Å². The number of aryl methyl sites for hydroxylation is 1. The Morgan fingerprint density at radius 1 is 1.24 bits per heavy atom. The molecule has 1 aromatic carbocycles. The van der Waals surface area contributed by atoms with Crippen LogP contribution in [0.4, 0.5) is 17.6 Å². The normalized spacial score (nSPS) is 16.4. The van der Waals surface area contributed by atoms with Crippen LogP contribution < -0.4 is 5.56 Å². The van der Waals surface area contributed by atoms with Crippen LogP contribution in [-0.4, -0.2) is 35.3 Å². The molecule has 0 saturated carbocycles. The number of pyridine rings is 1. The Bertz CT molecular complexity index is 851. The fourth-order valence-corrected chi connectivity index (χ4v) is 3.44. The molecule has 0 aliphatic carbocycles. The van der Waals surface area contributed by atoms with Gasteiger partial charge in [0.25, 0.3) is 5.56 Å². The lowest BCUT2D eigenvalue weighted by Crippen LogP contribution is -2.48. The average molecular weight is 356 g/mol. The van der Waals surface area contributed by atoms with Crippen LogP contribution in [0.3, 0.4) is 0 Å². The molecule has 25 heavy (non-hydrogen) atoms. The molecule has 0 unspecified atom stereocenters. The quantitative estimate of drug-likeness (QED) is 0.786. The second-order valence-electron chi connectivity index (χ2n) is 6.53. The summed E-state index contributed by atoms with van der Waals surface area (Å²) < 4.78 is 55.0. The van der Waals surface area contributed by atoms with Crippen LogP contribution in [-0.2, 0) is 26.1 Å². The van der Waals surface area contributed by atoms with Gasteiger partial charge in [0.15, 0.2) is 0 Å². The Hall–Kier alpha value is -1.89. The van der Waals surface area contributed by atoms with Crippen molar-refractivity contribution in [3.8, 4) is 0 Å². The van der Waals surface area contributed by atoms with Gasteiger partial charge in [0.1, 0.15) is 6.17 Å². The van der Waals surface area contributed by atoms with Gasteiger partial charge in [-0.3, -0.25) is 9.69 Å². The molecule has 136 valence electrons. The molecule has 7 heteroatoms. The summed E-state index contributed by atoms with van der Waals surface area (Å²) in [7, 11) is 1.49. The number of alkyl halides is 4. The molecular weight excluding hydrogens is 336 g/mol. The molecule has 1 aliphatic rings. The highest BCUT2D eigenvalue weighted by Gasteiger charge is 2.37. The molecule has 3 rings (SSSR count). The van der Waals surface area contributed by atoms with Gasteiger partial charge in [0.2, 0.25) is 0 Å². The number of likely N-dealkylation sites (tertiary alicyclic amines) is 1. The van der Waals surface area contributed by atoms with Gasteiger partial charge in [-0.05, 0) is 30.5 Å². The Balaban J connectivity index is 2.07. The Labute approximate surface area is 142 Å². The molecule has 0 atom stereocenters. The Kier molecular flexibility index (Phi) is 4.62. The van der Waals surface area contributed by atoms with Gasteiger partial charge in [-0.1, -0.05) is 13.0 Å². The zero-order valence-electron chi connectivity index (χ0n) is 14.2. The van der Waals surface area contributed by atoms with Crippen molar-refractivity contribution in [1.29, 1.82) is 0 Å². The van der Waals surface area contributed by atoms with Crippen LogP contribution in [0.1, 0.15) is 23.6 Å². The summed E-state index contributed by atoms with van der Waals surface area (Å²) in [6.07, 6.45) is -4.82. The van der Waals surface area contributed by atoms with E-state index in [4.69, 9.17) is 0 Å². The third-order valence-electron chi connectivity index (χ3n) is 4.82. The molecule has 0 bridgehead atoms. The van der Waals surface area contributed by atoms with Crippen LogP contribution in [0.2, 0.25) is 0 Å². The highest BCUT2D eigenvalue weighted by Crippen LogP contribution is 2.36. The van der Waals surface area contributed by atoms with E-state index in [2.05, 4.69) is 0 Å². The van der Waals surface area contributed by atoms with E-state index in [1.807, 2.05) is 4.90 Å². The highest BCUT2D eigenvalue weighted by atomic mass is 19.4. The first-order valence-electron chi connectivity index (χ1n) is 8.30. The van der Waals surface area contributed by atoms with E-state index in [1.54, 1.807) is 19.1 Å². The number of benzene rings is 1. The fourth-order valence-electron chi connectivity index (χ4n) is 3.44. The molecule has 0 N–H and O–H groups in total. The van der Waals surface area contributed by atoms with Gasteiger partial charge in [-0.2, -0.15) is 13.2 Å². The standard InChI is InChI=1S/C18H20F4N2O/c1-3-13-16(18(20,21)22)14-8-11(6-7-24-9-12(19)10-24)4-5-15(14)23(2)17(13)25/h4-5,8,12H,3,6-7,9-10H2,1-2H3. The SMILES string of the molecule is CCc1c(C(F)(F)F)c2cc(CCN3CC(F)C3)ccc2n(C)c1=O. The minimum Gasteiger partial charge on any atom is -0.311 e. The van der Waals surface area contributed by atoms with Crippen LogP contribution >= 0.6 is 0 Å². The van der Waals surface area contributed by atoms with Gasteiger partial charge in [0, 0.05) is 37.6 Å². The van der Waals surface area contributed by atoms with Crippen molar-refractivity contribution in [3.63, 3.8) is 0 Å². The van der Waals surface area contributed by atoms with Crippen LogP contribution in [0.15, 0.2) is 23.0 Å². The van der Waals surface area contributed by atoms with E-state index in [0.29, 0.717) is 26.1 Å². The molecular formula is C18H20F4N2O. The summed E-state index contributed by atoms with van der Waals surface area (Å²) in [4.78, 5) is 14.2. The van der Waals surface area contributed by atoms with E-state index in [-0.39, 0.29) is 22.9 Å². The van der Waals surface area contributed by atoms with Crippen LogP contribution in [0.5, 0.6) is 0 Å². The third-order valence-corrected chi connectivity index (χ3v) is 4.82. The first kappa shape index (κ1) is 17.9. The number of aromatic nitrogens is 1. The van der Waals surface area contributed by atoms with Crippen molar-refractivity contribution in [1.82, 2.24) is 9.47 Å². The predicted octanol–water partition coefficient (Wildman–Crippen LogP) is 3.32. The first-order chi connectivity index (χ1) is 11.7. The molecule has 0 amide bonds. The van der Waals surface area contributed by atoms with Gasteiger partial charge in [0.05, 0.1) is 11.1 Å². The monoisotopic (exact) mass is 356 g/mol. The number of halogens is 4. The number of fused-ring (bicyclic) bond motifs is 1. The number of rotatable bonds is 4. The topological polar surface area (TPSA) is 25.2 Å². The van der Waals surface area contributed by atoms with Gasteiger partial charge < -0.3 is 4.57 Å². The largest absolute Gasteiger partial charge is 0.417 e. The summed E-state index contributed by atoms with van der Waals surface area (Å²) in [5, 5.41) is 0.0518. The minimum atomic E-state index is -4.59. The van der Waals surface area contributed by atoms with Gasteiger partial charge in [-0.15, -0.1) is 0 Å². The summed E-state index contributed by atoms with van der Waals surface area (Å²) in [6.45, 7) is 2.93. The van der Waals surface area contributed by atoms with Crippen LogP contribution in [0, 0.1) is 0 Å². The first-order valence-corrected chi connectivity index (χ1v) is 8.30. The molecule has 2 aromatic rings. The summed E-state index contributed by atoms with van der Waals surface area (Å²) >= 11 is 0. The number of hydrogen-bond acceptors (Lipinski definition) is 2. The zero-order valence-corrected chi connectivity index (χ0v) is 14.2. The van der Waals surface area contributed by atoms with Crippen molar-refractivity contribution in [2.24, 2.45) is 7.05 Å². The van der Waals surface area contributed by atoms with Crippen molar-refractivity contribution in [2.45, 2.75) is 32.1 Å². The van der Waals surface area contributed by atoms with Crippen molar-refractivity contribution in [3.05, 3.63) is 45.2 Å². The lowest BCUT2D eigenvalue weighted by atomic mass is 9.98. The van der Waals surface area contributed by atoms with E-state index >= 15 is 0 Å². The zero-order chi connectivity index (χ0) is 18.4. The lowest BCUT2D eigenvalue weighted by molar-refractivity contribution is -0.137. The Morgan fingerprint density at radius 3 is 2.48 bits per heavy atom. The molecule has 1 fully saturated rings. The minimum absolute atomic E-state index is 0.0212. The summed E-state index contributed by atoms with van der Waals surface area (Å²) in [5.41, 5.74) is -0.623. The van der Waals surface area contributed by atoms with E-state index < -0.39 is 23.5 Å². The lowest BCUT2D eigenvalue weighted by Gasteiger charge is -2.34. The molecule has 1 saturated heterocycles. The Morgan fingerprint density at radius 2 is 1.92 bits per heavy atom. The van der Waals surface area contributed by atoms with E-state index in [0.717, 1.165) is 5.56 Å². The molecule has 1 aliphatic heterocycles. The maximum atomic E-state index is 13.6. The predicted molar refractivity (Wildman–Crippen MR) is 88.6 cm³/mol. The molecule has 0 spiro atoms. The molecule has 3 nitrogen and oxygen atoms in total. The number of hydrogen-bond donors (Lipinski definition) is 0. The maximum absolute atomic E-state index is 13.6. The van der Waals surface area contributed by atoms with Gasteiger partial charge >= 0.3 is 6.18 Å². The molecule has 1 aromatic heterocycles. The molecule has 0 radical (unpaired) electrons. The number of nitrogens with zero attached hydrogens (tertiary/aromatic N) is 2. The van der Waals surface area contributed by atoms with E-state index in [1.165, 1.54) is 17.7 Å². The maximum Gasteiger partial charge on any atom is 0.417 e. The molecule has 2 heterocycles. The second-order valence-corrected chi connectivity index (χ2v) is 6.53. The van der Waals surface area contributed by atoms with Crippen molar-refractivity contribution >= 4 is 10.9 Å². The summed E-state index contributed by atoms with van der Waals surface area (Å²) in [5.74, 6) is 0. The fraction of sp³-hybridized carbons (Fsp3) is 0.500. The van der Waals surface area contributed by atoms with Crippen molar-refractivity contribution in [2.75, 3.05) is 19.6 Å². The van der Waals surface area contributed by atoms with Crippen LogP contribution in [0.25, 0.3) is 10.9 Å².